The van der Waals surface area contributed by atoms with Gasteiger partial charge in [-0.2, -0.15) is 4.31 Å². The molecule has 0 bridgehead atoms. The van der Waals surface area contributed by atoms with Gasteiger partial charge in [0.05, 0.1) is 11.7 Å². The summed E-state index contributed by atoms with van der Waals surface area (Å²) >= 11 is 3.47. The highest BCUT2D eigenvalue weighted by Gasteiger charge is 2.29. The molecule has 160 valence electrons. The van der Waals surface area contributed by atoms with Crippen LogP contribution in [-0.2, 0) is 14.8 Å². The highest BCUT2D eigenvalue weighted by atomic mass is 79.9. The molecule has 1 fully saturated rings. The highest BCUT2D eigenvalue weighted by Crippen LogP contribution is 2.24. The highest BCUT2D eigenvalue weighted by molar-refractivity contribution is 9.10. The predicted octanol–water partition coefficient (Wildman–Crippen LogP) is 3.70. The Hall–Kier alpha value is -2.00. The van der Waals surface area contributed by atoms with Gasteiger partial charge in [-0.3, -0.25) is 9.69 Å². The molecule has 1 N–H and O–H groups in total. The summed E-state index contributed by atoms with van der Waals surface area (Å²) in [6.07, 6.45) is 1.61. The van der Waals surface area contributed by atoms with Crippen LogP contribution in [0.25, 0.3) is 6.08 Å². The van der Waals surface area contributed by atoms with Crippen LogP contribution in [0.3, 0.4) is 0 Å². The zero-order valence-corrected chi connectivity index (χ0v) is 19.5. The second-order valence-electron chi connectivity index (χ2n) is 7.34. The number of halogens is 1. The Labute approximate surface area is 186 Å². The van der Waals surface area contributed by atoms with Crippen LogP contribution in [0.2, 0.25) is 0 Å². The number of nitrogens with one attached hydrogen (secondary N) is 1. The van der Waals surface area contributed by atoms with Gasteiger partial charge in [0.25, 0.3) is 0 Å². The molecule has 30 heavy (non-hydrogen) atoms. The number of piperazine rings is 1. The minimum Gasteiger partial charge on any atom is -0.324 e. The molecule has 1 atom stereocenters. The van der Waals surface area contributed by atoms with Crippen LogP contribution >= 0.6 is 15.9 Å². The number of hydrogen-bond donors (Lipinski definition) is 1. The molecule has 0 aliphatic carbocycles. The van der Waals surface area contributed by atoms with Crippen LogP contribution in [0, 0.1) is 6.92 Å². The van der Waals surface area contributed by atoms with Crippen LogP contribution in [0.5, 0.6) is 0 Å². The van der Waals surface area contributed by atoms with Gasteiger partial charge in [0, 0.05) is 36.1 Å². The first-order valence-corrected chi connectivity index (χ1v) is 12.1. The van der Waals surface area contributed by atoms with Crippen molar-refractivity contribution in [3.8, 4) is 0 Å². The number of sulfonamides is 1. The van der Waals surface area contributed by atoms with Crippen LogP contribution < -0.4 is 5.32 Å². The lowest BCUT2D eigenvalue weighted by atomic mass is 10.2. The number of benzene rings is 2. The van der Waals surface area contributed by atoms with Gasteiger partial charge in [-0.05, 0) is 59.1 Å². The summed E-state index contributed by atoms with van der Waals surface area (Å²) in [6.45, 7) is 5.54. The number of carbonyl (C=O) groups is 1. The smallest absolute Gasteiger partial charge is 0.241 e. The fraction of sp³-hybridized carbons (Fsp3) is 0.318. The molecule has 1 aliphatic rings. The van der Waals surface area contributed by atoms with Crippen LogP contribution in [-0.4, -0.2) is 55.8 Å². The molecule has 8 heteroatoms. The van der Waals surface area contributed by atoms with Gasteiger partial charge in [-0.15, -0.1) is 0 Å². The number of hydrogen-bond acceptors (Lipinski definition) is 4. The van der Waals surface area contributed by atoms with E-state index in [1.807, 2.05) is 67.3 Å². The van der Waals surface area contributed by atoms with Crippen molar-refractivity contribution in [1.82, 2.24) is 9.21 Å². The largest absolute Gasteiger partial charge is 0.324 e. The second-order valence-corrected chi connectivity index (χ2v) is 10.0. The Kier molecular flexibility index (Phi) is 7.46. The van der Waals surface area contributed by atoms with Crippen molar-refractivity contribution in [1.29, 1.82) is 0 Å². The lowest BCUT2D eigenvalue weighted by Gasteiger charge is -2.36. The summed E-state index contributed by atoms with van der Waals surface area (Å²) in [7, 11) is -3.49. The minimum absolute atomic E-state index is 0.111. The predicted molar refractivity (Wildman–Crippen MR) is 125 cm³/mol. The van der Waals surface area contributed by atoms with Gasteiger partial charge in [0.2, 0.25) is 15.9 Å². The van der Waals surface area contributed by atoms with E-state index in [0.717, 1.165) is 21.3 Å². The zero-order chi connectivity index (χ0) is 21.7. The third kappa shape index (κ3) is 5.78. The van der Waals surface area contributed by atoms with Gasteiger partial charge in [-0.25, -0.2) is 8.42 Å². The number of aryl methyl sites for hydroxylation is 1. The average Bonchev–Trinajstić information content (AvgIpc) is 2.74. The molecule has 1 saturated heterocycles. The maximum atomic E-state index is 12.7. The lowest BCUT2D eigenvalue weighted by Crippen LogP contribution is -2.53. The Morgan fingerprint density at radius 3 is 2.40 bits per heavy atom. The Balaban J connectivity index is 1.56. The lowest BCUT2D eigenvalue weighted by molar-refractivity contribution is -0.121. The third-order valence-corrected chi connectivity index (χ3v) is 7.40. The second kappa shape index (κ2) is 9.87. The van der Waals surface area contributed by atoms with E-state index in [9.17, 15) is 13.2 Å². The third-order valence-electron chi connectivity index (χ3n) is 5.17. The molecular weight excluding hydrogens is 466 g/mol. The van der Waals surface area contributed by atoms with Gasteiger partial charge in [-0.1, -0.05) is 36.4 Å². The van der Waals surface area contributed by atoms with E-state index in [1.54, 1.807) is 6.08 Å². The first kappa shape index (κ1) is 22.7. The first-order valence-electron chi connectivity index (χ1n) is 9.80. The number of anilines is 1. The number of carbonyl (C=O) groups excluding carboxylic acids is 1. The fourth-order valence-corrected chi connectivity index (χ4v) is 5.05. The molecule has 0 aromatic heterocycles. The zero-order valence-electron chi connectivity index (χ0n) is 17.1. The monoisotopic (exact) mass is 491 g/mol. The van der Waals surface area contributed by atoms with E-state index in [1.165, 1.54) is 9.71 Å². The standard InChI is InChI=1S/C22H26BrN3O3S/c1-17-8-9-21(20(23)16-17)24-22(27)18(2)25-11-13-26(14-12-25)30(28,29)15-10-19-6-4-3-5-7-19/h3-10,15-16,18H,11-14H2,1-2H3,(H,24,27)/b15-10+. The summed E-state index contributed by atoms with van der Waals surface area (Å²) in [5, 5.41) is 4.20. The molecule has 2 aromatic rings. The summed E-state index contributed by atoms with van der Waals surface area (Å²) in [5.41, 5.74) is 2.67. The van der Waals surface area contributed by atoms with E-state index >= 15 is 0 Å². The number of rotatable bonds is 6. The Bertz CT molecular complexity index is 1020. The SMILES string of the molecule is Cc1ccc(NC(=O)C(C)N2CCN(S(=O)(=O)/C=C/c3ccccc3)CC2)c(Br)c1. The van der Waals surface area contributed by atoms with Crippen LogP contribution in [0.15, 0.2) is 58.4 Å². The summed E-state index contributed by atoms with van der Waals surface area (Å²) in [4.78, 5) is 14.7. The Morgan fingerprint density at radius 2 is 1.77 bits per heavy atom. The quantitative estimate of drug-likeness (QED) is 0.668. The fourth-order valence-electron chi connectivity index (χ4n) is 3.28. The van der Waals surface area contributed by atoms with E-state index in [0.29, 0.717) is 26.2 Å². The van der Waals surface area contributed by atoms with Gasteiger partial charge < -0.3 is 5.32 Å². The van der Waals surface area contributed by atoms with E-state index in [-0.39, 0.29) is 11.9 Å². The molecule has 6 nitrogen and oxygen atoms in total. The van der Waals surface area contributed by atoms with Crippen molar-refractivity contribution < 1.29 is 13.2 Å². The summed E-state index contributed by atoms with van der Waals surface area (Å²) < 4.78 is 27.5. The molecule has 0 saturated carbocycles. The van der Waals surface area contributed by atoms with Crippen molar-refractivity contribution in [2.45, 2.75) is 19.9 Å². The van der Waals surface area contributed by atoms with Crippen molar-refractivity contribution in [3.63, 3.8) is 0 Å². The van der Waals surface area contributed by atoms with Crippen LogP contribution in [0.1, 0.15) is 18.1 Å². The minimum atomic E-state index is -3.49. The summed E-state index contributed by atoms with van der Waals surface area (Å²) in [6, 6.07) is 14.7. The topological polar surface area (TPSA) is 69.7 Å². The molecule has 2 aromatic carbocycles. The van der Waals surface area contributed by atoms with Crippen molar-refractivity contribution in [3.05, 3.63) is 69.5 Å². The number of amides is 1. The molecule has 3 rings (SSSR count). The Morgan fingerprint density at radius 1 is 1.10 bits per heavy atom. The molecule has 1 unspecified atom stereocenters. The van der Waals surface area contributed by atoms with E-state index in [4.69, 9.17) is 0 Å². The number of nitrogens with zero attached hydrogens (tertiary/aromatic N) is 2. The molecule has 0 radical (unpaired) electrons. The van der Waals surface area contributed by atoms with Gasteiger partial charge in [0.15, 0.2) is 0 Å². The molecule has 0 spiro atoms. The van der Waals surface area contributed by atoms with E-state index in [2.05, 4.69) is 21.2 Å². The molecular formula is C22H26BrN3O3S. The van der Waals surface area contributed by atoms with Gasteiger partial charge in [0.1, 0.15) is 0 Å². The maximum absolute atomic E-state index is 12.7. The summed E-state index contributed by atoms with van der Waals surface area (Å²) in [5.74, 6) is -0.111. The van der Waals surface area contributed by atoms with Crippen molar-refractivity contribution in [2.75, 3.05) is 31.5 Å². The van der Waals surface area contributed by atoms with Crippen molar-refractivity contribution in [2.24, 2.45) is 0 Å². The molecule has 1 aliphatic heterocycles. The van der Waals surface area contributed by atoms with Gasteiger partial charge >= 0.3 is 0 Å². The maximum Gasteiger partial charge on any atom is 0.241 e. The average molecular weight is 492 g/mol. The van der Waals surface area contributed by atoms with Crippen molar-refractivity contribution >= 4 is 43.6 Å². The normalized spacial score (nSPS) is 17.2. The molecule has 1 amide bonds. The van der Waals surface area contributed by atoms with E-state index < -0.39 is 10.0 Å². The van der Waals surface area contributed by atoms with Crippen LogP contribution in [0.4, 0.5) is 5.69 Å². The first-order chi connectivity index (χ1) is 14.3. The molecule has 1 heterocycles.